The van der Waals surface area contributed by atoms with E-state index in [0.717, 1.165) is 17.8 Å². The van der Waals surface area contributed by atoms with Gasteiger partial charge >= 0.3 is 0 Å². The van der Waals surface area contributed by atoms with Crippen molar-refractivity contribution >= 4 is 17.5 Å². The first-order valence-corrected chi connectivity index (χ1v) is 8.52. The van der Waals surface area contributed by atoms with E-state index in [1.54, 1.807) is 23.5 Å². The summed E-state index contributed by atoms with van der Waals surface area (Å²) in [5.74, 6) is 0.00514. The highest BCUT2D eigenvalue weighted by Gasteiger charge is 2.35. The molecule has 0 aliphatic carbocycles. The monoisotopic (exact) mass is 341 g/mol. The first kappa shape index (κ1) is 17.1. The van der Waals surface area contributed by atoms with Crippen molar-refractivity contribution in [3.05, 3.63) is 42.5 Å². The molecule has 2 amide bonds. The number of pyridine rings is 1. The van der Waals surface area contributed by atoms with Crippen LogP contribution in [0, 0.1) is 11.8 Å². The van der Waals surface area contributed by atoms with Gasteiger partial charge in [-0.05, 0) is 17.5 Å². The second-order valence-corrected chi connectivity index (χ2v) is 6.80. The normalized spacial score (nSPS) is 17.3. The van der Waals surface area contributed by atoms with Crippen molar-refractivity contribution in [2.45, 2.75) is 33.4 Å². The second kappa shape index (κ2) is 7.46. The first-order chi connectivity index (χ1) is 12.0. The van der Waals surface area contributed by atoms with Crippen LogP contribution in [-0.4, -0.2) is 33.1 Å². The van der Waals surface area contributed by atoms with Crippen LogP contribution in [0.4, 0.5) is 5.69 Å². The molecule has 0 unspecified atom stereocenters. The number of carbonyl (C=O) groups excluding carboxylic acids is 2. The quantitative estimate of drug-likeness (QED) is 0.865. The minimum absolute atomic E-state index is 0.0365. The molecular formula is C18H23N5O2. The van der Waals surface area contributed by atoms with Crippen LogP contribution < -0.4 is 10.2 Å². The van der Waals surface area contributed by atoms with Crippen molar-refractivity contribution in [2.24, 2.45) is 11.8 Å². The Morgan fingerprint density at radius 2 is 2.24 bits per heavy atom. The van der Waals surface area contributed by atoms with E-state index >= 15 is 0 Å². The first-order valence-electron chi connectivity index (χ1n) is 8.52. The number of carbonyl (C=O) groups is 2. The van der Waals surface area contributed by atoms with E-state index in [4.69, 9.17) is 0 Å². The molecule has 7 nitrogen and oxygen atoms in total. The fourth-order valence-electron chi connectivity index (χ4n) is 2.93. The highest BCUT2D eigenvalue weighted by Crippen LogP contribution is 2.25. The van der Waals surface area contributed by atoms with Gasteiger partial charge in [-0.25, -0.2) is 0 Å². The maximum atomic E-state index is 12.4. The van der Waals surface area contributed by atoms with E-state index < -0.39 is 0 Å². The van der Waals surface area contributed by atoms with Crippen molar-refractivity contribution in [1.82, 2.24) is 20.1 Å². The fourth-order valence-corrected chi connectivity index (χ4v) is 2.93. The van der Waals surface area contributed by atoms with Crippen LogP contribution in [0.5, 0.6) is 0 Å². The van der Waals surface area contributed by atoms with E-state index in [2.05, 4.69) is 29.2 Å². The molecule has 25 heavy (non-hydrogen) atoms. The summed E-state index contributed by atoms with van der Waals surface area (Å²) in [5.41, 5.74) is 1.69. The topological polar surface area (TPSA) is 80.1 Å². The molecule has 0 radical (unpaired) electrons. The van der Waals surface area contributed by atoms with Crippen LogP contribution >= 0.6 is 0 Å². The molecule has 132 valence electrons. The van der Waals surface area contributed by atoms with Gasteiger partial charge in [-0.1, -0.05) is 19.9 Å². The lowest BCUT2D eigenvalue weighted by molar-refractivity contribution is -0.126. The Kier molecular flexibility index (Phi) is 5.11. The Morgan fingerprint density at radius 1 is 1.40 bits per heavy atom. The Bertz CT molecular complexity index is 741. The number of aromatic nitrogens is 3. The highest BCUT2D eigenvalue weighted by molar-refractivity contribution is 6.00. The fraction of sp³-hybridized carbons (Fsp3) is 0.444. The largest absolute Gasteiger partial charge is 0.352 e. The second-order valence-electron chi connectivity index (χ2n) is 6.80. The number of hydrogen-bond acceptors (Lipinski definition) is 4. The molecule has 0 spiro atoms. The van der Waals surface area contributed by atoms with Crippen molar-refractivity contribution in [1.29, 1.82) is 0 Å². The van der Waals surface area contributed by atoms with E-state index in [1.807, 2.05) is 23.0 Å². The van der Waals surface area contributed by atoms with Crippen molar-refractivity contribution in [3.63, 3.8) is 0 Å². The third-order valence-electron chi connectivity index (χ3n) is 4.17. The highest BCUT2D eigenvalue weighted by atomic mass is 16.2. The van der Waals surface area contributed by atoms with Crippen LogP contribution in [0.25, 0.3) is 0 Å². The molecule has 0 bridgehead atoms. The number of rotatable bonds is 6. The molecule has 7 heteroatoms. The zero-order valence-corrected chi connectivity index (χ0v) is 14.6. The molecular weight excluding hydrogens is 318 g/mol. The van der Waals surface area contributed by atoms with Crippen LogP contribution in [0.3, 0.4) is 0 Å². The Balaban J connectivity index is 1.58. The predicted octanol–water partition coefficient (Wildman–Crippen LogP) is 1.60. The Hall–Kier alpha value is -2.70. The van der Waals surface area contributed by atoms with Crippen LogP contribution in [-0.2, 0) is 22.7 Å². The van der Waals surface area contributed by atoms with E-state index in [0.29, 0.717) is 19.0 Å². The molecule has 3 heterocycles. The maximum Gasteiger partial charge on any atom is 0.227 e. The van der Waals surface area contributed by atoms with Gasteiger partial charge in [-0.2, -0.15) is 5.10 Å². The number of nitrogens with one attached hydrogen (secondary N) is 1. The van der Waals surface area contributed by atoms with Gasteiger partial charge in [0, 0.05) is 44.6 Å². The van der Waals surface area contributed by atoms with E-state index in [1.165, 1.54) is 0 Å². The zero-order chi connectivity index (χ0) is 17.8. The summed E-state index contributed by atoms with van der Waals surface area (Å²) in [5, 5.41) is 7.18. The van der Waals surface area contributed by atoms with Gasteiger partial charge in [-0.15, -0.1) is 0 Å². The summed E-state index contributed by atoms with van der Waals surface area (Å²) in [7, 11) is 0. The summed E-state index contributed by atoms with van der Waals surface area (Å²) < 4.78 is 1.84. The maximum absolute atomic E-state index is 12.4. The minimum Gasteiger partial charge on any atom is -0.352 e. The third kappa shape index (κ3) is 4.23. The molecule has 1 saturated heterocycles. The van der Waals surface area contributed by atoms with Crippen molar-refractivity contribution in [3.8, 4) is 0 Å². The minimum atomic E-state index is -0.336. The average molecular weight is 341 g/mol. The summed E-state index contributed by atoms with van der Waals surface area (Å²) in [6.07, 6.45) is 7.20. The van der Waals surface area contributed by atoms with E-state index in [-0.39, 0.29) is 24.2 Å². The summed E-state index contributed by atoms with van der Waals surface area (Å²) in [6, 6.07) is 3.74. The Morgan fingerprint density at radius 3 is 2.96 bits per heavy atom. The lowest BCUT2D eigenvalue weighted by atomic mass is 10.1. The average Bonchev–Trinajstić information content (AvgIpc) is 3.19. The lowest BCUT2D eigenvalue weighted by Crippen LogP contribution is -2.32. The number of nitrogens with zero attached hydrogens (tertiary/aromatic N) is 4. The standard InChI is InChI=1S/C18H23N5O2/c1-13(2)10-22-12-16(9-21-22)23-11-15(6-17(23)24)18(25)20-8-14-4-3-5-19-7-14/h3-5,7,9,12-13,15H,6,8,10-11H2,1-2H3,(H,20,25)/t15-/m0/s1. The van der Waals surface area contributed by atoms with Crippen LogP contribution in [0.2, 0.25) is 0 Å². The van der Waals surface area contributed by atoms with Crippen molar-refractivity contribution in [2.75, 3.05) is 11.4 Å². The third-order valence-corrected chi connectivity index (χ3v) is 4.17. The molecule has 1 aliphatic heterocycles. The van der Waals surface area contributed by atoms with Gasteiger partial charge < -0.3 is 10.2 Å². The molecule has 1 aliphatic rings. The molecule has 3 rings (SSSR count). The number of amides is 2. The lowest BCUT2D eigenvalue weighted by Gasteiger charge is -2.14. The summed E-state index contributed by atoms with van der Waals surface area (Å²) in [6.45, 7) is 5.85. The van der Waals surface area contributed by atoms with Crippen LogP contribution in [0.1, 0.15) is 25.8 Å². The van der Waals surface area contributed by atoms with Gasteiger partial charge in [0.05, 0.1) is 17.8 Å². The molecule has 0 saturated carbocycles. The Labute approximate surface area is 147 Å². The molecule has 0 aromatic carbocycles. The van der Waals surface area contributed by atoms with Gasteiger partial charge in [-0.3, -0.25) is 19.3 Å². The van der Waals surface area contributed by atoms with Gasteiger partial charge in [0.2, 0.25) is 11.8 Å². The van der Waals surface area contributed by atoms with Crippen LogP contribution in [0.15, 0.2) is 36.9 Å². The molecule has 1 N–H and O–H groups in total. The SMILES string of the molecule is CC(C)Cn1cc(N2C[C@@H](C(=O)NCc3cccnc3)CC2=O)cn1. The van der Waals surface area contributed by atoms with Gasteiger partial charge in [0.1, 0.15) is 0 Å². The smallest absolute Gasteiger partial charge is 0.227 e. The number of anilines is 1. The molecule has 2 aromatic rings. The van der Waals surface area contributed by atoms with E-state index in [9.17, 15) is 9.59 Å². The van der Waals surface area contributed by atoms with Crippen molar-refractivity contribution < 1.29 is 9.59 Å². The summed E-state index contributed by atoms with van der Waals surface area (Å²) >= 11 is 0. The molecule has 1 fully saturated rings. The summed E-state index contributed by atoms with van der Waals surface area (Å²) in [4.78, 5) is 30.3. The van der Waals surface area contributed by atoms with Gasteiger partial charge in [0.25, 0.3) is 0 Å². The molecule has 1 atom stereocenters. The predicted molar refractivity (Wildman–Crippen MR) is 93.6 cm³/mol. The number of hydrogen-bond donors (Lipinski definition) is 1. The molecule has 2 aromatic heterocycles. The zero-order valence-electron chi connectivity index (χ0n) is 14.6. The van der Waals surface area contributed by atoms with Gasteiger partial charge in [0.15, 0.2) is 0 Å².